The van der Waals surface area contributed by atoms with E-state index in [0.29, 0.717) is 55.5 Å². The number of sulfonamides is 1. The standard InChI is InChI=1S/C40H37F6N9O4S2/c1-17-28-29-32(35(43)44)51-55(34(29)40(45,46)30(17)28)15-27(56)48-25(12-18-10-19(41)13-20(42)11-18)31-24(14-26-37(49-31)50-38(60-26)47-16-39(2,3)57)22-6-5-7-23-33(22)54(4)52-36(23)53-61(58,59)21-8-9-21/h5-7,10-11,13-14,21,25,28,30,35,57H,1,8-9,12,15-16H2,2-4H3,(H,48,56)(H,52,53)(H,47,49,50)/t25-,28+,30+/m0/s1. The number of anilines is 2. The summed E-state index contributed by atoms with van der Waals surface area (Å²) in [6, 6.07) is 8.26. The predicted molar refractivity (Wildman–Crippen MR) is 215 cm³/mol. The highest BCUT2D eigenvalue weighted by atomic mass is 32.2. The largest absolute Gasteiger partial charge is 0.389 e. The molecule has 2 aromatic carbocycles. The lowest BCUT2D eigenvalue weighted by Crippen LogP contribution is -2.35. The molecule has 0 unspecified atom stereocenters. The molecule has 3 atom stereocenters. The molecule has 0 radical (unpaired) electrons. The van der Waals surface area contributed by atoms with Gasteiger partial charge in [0.05, 0.1) is 38.7 Å². The summed E-state index contributed by atoms with van der Waals surface area (Å²) in [5.74, 6) is -8.74. The van der Waals surface area contributed by atoms with Crippen LogP contribution in [0.2, 0.25) is 0 Å². The van der Waals surface area contributed by atoms with Crippen molar-refractivity contribution in [2.45, 2.75) is 74.8 Å². The normalized spacial score (nSPS) is 18.8. The summed E-state index contributed by atoms with van der Waals surface area (Å²) >= 11 is 1.20. The lowest BCUT2D eigenvalue weighted by atomic mass is 9.94. The average molecular weight is 886 g/mol. The summed E-state index contributed by atoms with van der Waals surface area (Å²) in [5, 5.41) is 24.7. The number of alkyl halides is 4. The number of allylic oxidation sites excluding steroid dienone is 1. The van der Waals surface area contributed by atoms with E-state index >= 15 is 8.78 Å². The van der Waals surface area contributed by atoms with Crippen molar-refractivity contribution in [3.63, 3.8) is 0 Å². The second-order valence-electron chi connectivity index (χ2n) is 16.3. The summed E-state index contributed by atoms with van der Waals surface area (Å²) in [5.41, 5.74) is -1.43. The molecule has 6 aromatic rings. The van der Waals surface area contributed by atoms with Gasteiger partial charge in [-0.2, -0.15) is 19.0 Å². The quantitative estimate of drug-likeness (QED) is 0.0652. The van der Waals surface area contributed by atoms with E-state index in [0.717, 1.165) is 12.1 Å². The molecule has 4 aromatic heterocycles. The number of amides is 1. The maximum absolute atomic E-state index is 15.7. The van der Waals surface area contributed by atoms with Crippen LogP contribution < -0.4 is 15.4 Å². The van der Waals surface area contributed by atoms with Gasteiger partial charge in [-0.15, -0.1) is 0 Å². The minimum atomic E-state index is -3.74. The Kier molecular flexibility index (Phi) is 9.55. The number of hydrogen-bond acceptors (Lipinski definition) is 10. The maximum Gasteiger partial charge on any atom is 0.297 e. The van der Waals surface area contributed by atoms with E-state index in [1.807, 2.05) is 0 Å². The number of pyridine rings is 1. The molecule has 61 heavy (non-hydrogen) atoms. The van der Waals surface area contributed by atoms with Gasteiger partial charge in [0.25, 0.3) is 12.3 Å². The second-order valence-corrected chi connectivity index (χ2v) is 19.3. The van der Waals surface area contributed by atoms with Gasteiger partial charge in [0.15, 0.2) is 16.6 Å². The molecular weight excluding hydrogens is 849 g/mol. The number of nitrogens with one attached hydrogen (secondary N) is 3. The Hall–Kier alpha value is -5.54. The van der Waals surface area contributed by atoms with Gasteiger partial charge < -0.3 is 15.7 Å². The Labute approximate surface area is 347 Å². The number of benzene rings is 2. The summed E-state index contributed by atoms with van der Waals surface area (Å²) in [7, 11) is -2.13. The smallest absolute Gasteiger partial charge is 0.297 e. The van der Waals surface area contributed by atoms with Crippen LogP contribution in [0.4, 0.5) is 37.3 Å². The Morgan fingerprint density at radius 3 is 2.46 bits per heavy atom. The lowest BCUT2D eigenvalue weighted by molar-refractivity contribution is -0.122. The number of thiazole rings is 1. The molecule has 9 rings (SSSR count). The minimum Gasteiger partial charge on any atom is -0.389 e. The fourth-order valence-corrected chi connectivity index (χ4v) is 10.4. The Balaban J connectivity index is 1.18. The highest BCUT2D eigenvalue weighted by Gasteiger charge is 2.70. The summed E-state index contributed by atoms with van der Waals surface area (Å²) < 4.78 is 120. The molecular formula is C40H37F6N9O4S2. The number of carbonyl (C=O) groups excluding carboxylic acids is 1. The molecule has 2 saturated carbocycles. The zero-order valence-electron chi connectivity index (χ0n) is 32.6. The van der Waals surface area contributed by atoms with Crippen LogP contribution in [0.5, 0.6) is 0 Å². The molecule has 0 saturated heterocycles. The molecule has 2 fully saturated rings. The first-order valence-electron chi connectivity index (χ1n) is 19.2. The zero-order chi connectivity index (χ0) is 43.5. The topological polar surface area (TPSA) is 169 Å². The van der Waals surface area contributed by atoms with Gasteiger partial charge in [0.2, 0.25) is 15.9 Å². The first-order chi connectivity index (χ1) is 28.7. The van der Waals surface area contributed by atoms with Gasteiger partial charge in [0, 0.05) is 47.7 Å². The average Bonchev–Trinajstić information content (AvgIpc) is 3.98. The number of aliphatic hydroxyl groups is 1. The molecule has 3 aliphatic rings. The van der Waals surface area contributed by atoms with Crippen molar-refractivity contribution >= 4 is 59.5 Å². The van der Waals surface area contributed by atoms with E-state index in [1.54, 1.807) is 45.2 Å². The molecule has 3 aliphatic carbocycles. The third kappa shape index (κ3) is 7.38. The SMILES string of the molecule is C=C1[C@@H]2c3c(C(F)F)nn(CC(=O)N[C@@H](Cc4cc(F)cc(F)c4)c4nc5nc(NCC(C)(C)O)sc5cc4-c4cccc5c(NS(=O)(=O)C6CC6)nn(C)c45)c3C(F)(F)[C@H]12. The van der Waals surface area contributed by atoms with Gasteiger partial charge in [-0.05, 0) is 62.9 Å². The van der Waals surface area contributed by atoms with Crippen molar-refractivity contribution in [1.82, 2.24) is 34.8 Å². The maximum atomic E-state index is 15.7. The number of carbonyl (C=O) groups is 1. The third-order valence-electron chi connectivity index (χ3n) is 11.0. The third-order valence-corrected chi connectivity index (χ3v) is 13.8. The molecule has 4 N–H and O–H groups in total. The molecule has 0 bridgehead atoms. The van der Waals surface area contributed by atoms with E-state index in [9.17, 15) is 35.9 Å². The molecule has 320 valence electrons. The van der Waals surface area contributed by atoms with Crippen molar-refractivity contribution in [1.29, 1.82) is 0 Å². The minimum absolute atomic E-state index is 0.0714. The number of aryl methyl sites for hydroxylation is 1. The number of halogens is 6. The highest BCUT2D eigenvalue weighted by molar-refractivity contribution is 7.93. The molecule has 13 nitrogen and oxygen atoms in total. The molecule has 21 heteroatoms. The summed E-state index contributed by atoms with van der Waals surface area (Å²) in [4.78, 5) is 23.6. The molecule has 1 amide bonds. The van der Waals surface area contributed by atoms with Gasteiger partial charge >= 0.3 is 0 Å². The number of nitrogens with zero attached hydrogens (tertiary/aromatic N) is 6. The van der Waals surface area contributed by atoms with Crippen LogP contribution in [0.15, 0.2) is 54.6 Å². The number of fused-ring (bicyclic) bond motifs is 5. The van der Waals surface area contributed by atoms with E-state index in [-0.39, 0.29) is 46.8 Å². The van der Waals surface area contributed by atoms with Crippen LogP contribution in [0.3, 0.4) is 0 Å². The van der Waals surface area contributed by atoms with Crippen LogP contribution in [0, 0.1) is 17.6 Å². The van der Waals surface area contributed by atoms with E-state index in [4.69, 9.17) is 4.98 Å². The van der Waals surface area contributed by atoms with Crippen molar-refractivity contribution < 1.29 is 44.7 Å². The molecule has 0 aliphatic heterocycles. The predicted octanol–water partition coefficient (Wildman–Crippen LogP) is 7.22. The van der Waals surface area contributed by atoms with E-state index in [1.165, 1.54) is 16.0 Å². The Bertz CT molecular complexity index is 2900. The summed E-state index contributed by atoms with van der Waals surface area (Å²) in [6.07, 6.45) is -2.50. The zero-order valence-corrected chi connectivity index (χ0v) is 34.2. The number of para-hydroxylation sites is 1. The van der Waals surface area contributed by atoms with E-state index < -0.39 is 86.6 Å². The first-order valence-corrected chi connectivity index (χ1v) is 21.5. The van der Waals surface area contributed by atoms with Crippen molar-refractivity contribution in [3.05, 3.63) is 94.5 Å². The second kappa shape index (κ2) is 14.3. The van der Waals surface area contributed by atoms with E-state index in [2.05, 4.69) is 37.1 Å². The van der Waals surface area contributed by atoms with Crippen molar-refractivity contribution in [3.8, 4) is 11.1 Å². The Morgan fingerprint density at radius 2 is 1.79 bits per heavy atom. The Morgan fingerprint density at radius 1 is 1.07 bits per heavy atom. The first kappa shape index (κ1) is 40.8. The molecule has 0 spiro atoms. The van der Waals surface area contributed by atoms with Crippen molar-refractivity contribution in [2.75, 3.05) is 16.6 Å². The monoisotopic (exact) mass is 885 g/mol. The highest BCUT2D eigenvalue weighted by Crippen LogP contribution is 2.71. The number of rotatable bonds is 14. The van der Waals surface area contributed by atoms with Crippen LogP contribution in [-0.4, -0.2) is 66.4 Å². The molecule has 4 heterocycles. The van der Waals surface area contributed by atoms with Gasteiger partial charge in [-0.25, -0.2) is 35.9 Å². The fraction of sp³-hybridized carbons (Fsp3) is 0.375. The van der Waals surface area contributed by atoms with Crippen LogP contribution in [-0.2, 0) is 40.8 Å². The van der Waals surface area contributed by atoms with Gasteiger partial charge in [-0.3, -0.25) is 18.9 Å². The lowest BCUT2D eigenvalue weighted by Gasteiger charge is -2.23. The van der Waals surface area contributed by atoms with Gasteiger partial charge in [-0.1, -0.05) is 35.6 Å². The fourth-order valence-electron chi connectivity index (χ4n) is 8.19. The van der Waals surface area contributed by atoms with Crippen LogP contribution in [0.25, 0.3) is 32.4 Å². The number of hydrogen-bond donors (Lipinski definition) is 4. The van der Waals surface area contributed by atoms with Crippen LogP contribution >= 0.6 is 11.3 Å². The summed E-state index contributed by atoms with van der Waals surface area (Å²) in [6.45, 7) is 6.00. The van der Waals surface area contributed by atoms with Crippen molar-refractivity contribution in [2.24, 2.45) is 13.0 Å². The van der Waals surface area contributed by atoms with Crippen LogP contribution in [0.1, 0.15) is 73.3 Å². The number of aromatic nitrogens is 6. The van der Waals surface area contributed by atoms with Gasteiger partial charge in [0.1, 0.15) is 29.6 Å².